The van der Waals surface area contributed by atoms with Gasteiger partial charge in [0.1, 0.15) is 6.54 Å². The van der Waals surface area contributed by atoms with E-state index in [9.17, 15) is 19.2 Å². The molecule has 27 heavy (non-hydrogen) atoms. The maximum absolute atomic E-state index is 12.4. The number of hydrogen-bond acceptors (Lipinski definition) is 5. The van der Waals surface area contributed by atoms with Gasteiger partial charge in [-0.05, 0) is 29.9 Å². The van der Waals surface area contributed by atoms with Crippen molar-refractivity contribution in [3.8, 4) is 0 Å². The minimum absolute atomic E-state index is 0.0671. The van der Waals surface area contributed by atoms with Crippen LogP contribution in [0.25, 0.3) is 0 Å². The highest BCUT2D eigenvalue weighted by Crippen LogP contribution is 2.21. The van der Waals surface area contributed by atoms with Gasteiger partial charge in [0.25, 0.3) is 11.8 Å². The Morgan fingerprint density at radius 2 is 1.78 bits per heavy atom. The van der Waals surface area contributed by atoms with Gasteiger partial charge in [-0.1, -0.05) is 32.0 Å². The summed E-state index contributed by atoms with van der Waals surface area (Å²) in [6, 6.07) is 6.82. The SMILES string of the molecule is C[C@H]1C[C@H](C)CN(C(=O)COC(=O)CN2C(=O)Cc3ccccc3C2=O)C1. The Bertz CT molecular complexity index is 765. The van der Waals surface area contributed by atoms with E-state index in [1.165, 1.54) is 0 Å². The number of hydrogen-bond donors (Lipinski definition) is 0. The molecule has 2 aliphatic heterocycles. The van der Waals surface area contributed by atoms with E-state index in [-0.39, 0.29) is 18.9 Å². The van der Waals surface area contributed by atoms with Crippen LogP contribution in [-0.4, -0.2) is 59.7 Å². The number of nitrogens with zero attached hydrogens (tertiary/aromatic N) is 2. The Morgan fingerprint density at radius 3 is 2.48 bits per heavy atom. The molecule has 0 bridgehead atoms. The molecule has 0 saturated carbocycles. The van der Waals surface area contributed by atoms with E-state index in [0.717, 1.165) is 11.3 Å². The molecule has 7 heteroatoms. The standard InChI is InChI=1S/C20H24N2O5/c1-13-7-14(2)10-21(9-13)18(24)12-27-19(25)11-22-17(23)8-15-5-3-4-6-16(15)20(22)26/h3-6,13-14H,7-12H2,1-2H3/t13-,14-/m0/s1. The summed E-state index contributed by atoms with van der Waals surface area (Å²) in [5, 5.41) is 0. The number of benzene rings is 1. The van der Waals surface area contributed by atoms with Gasteiger partial charge in [-0.2, -0.15) is 0 Å². The molecule has 7 nitrogen and oxygen atoms in total. The third-order valence-electron chi connectivity index (χ3n) is 5.00. The van der Waals surface area contributed by atoms with Gasteiger partial charge in [0.05, 0.1) is 6.42 Å². The summed E-state index contributed by atoms with van der Waals surface area (Å²) in [6.07, 6.45) is 1.14. The second-order valence-corrected chi connectivity index (χ2v) is 7.52. The van der Waals surface area contributed by atoms with Gasteiger partial charge in [0, 0.05) is 18.7 Å². The van der Waals surface area contributed by atoms with Gasteiger partial charge in [0.15, 0.2) is 6.61 Å². The minimum Gasteiger partial charge on any atom is -0.454 e. The molecular weight excluding hydrogens is 348 g/mol. The van der Waals surface area contributed by atoms with E-state index < -0.39 is 24.3 Å². The average Bonchev–Trinajstić information content (AvgIpc) is 2.62. The molecule has 3 rings (SSSR count). The van der Waals surface area contributed by atoms with E-state index in [4.69, 9.17) is 4.74 Å². The van der Waals surface area contributed by atoms with Crippen LogP contribution in [-0.2, 0) is 25.5 Å². The van der Waals surface area contributed by atoms with E-state index >= 15 is 0 Å². The lowest BCUT2D eigenvalue weighted by Crippen LogP contribution is -2.47. The summed E-state index contributed by atoms with van der Waals surface area (Å²) >= 11 is 0. The molecule has 0 radical (unpaired) electrons. The number of esters is 1. The molecule has 2 aliphatic rings. The smallest absolute Gasteiger partial charge is 0.326 e. The molecule has 2 atom stereocenters. The van der Waals surface area contributed by atoms with Crippen molar-refractivity contribution in [1.29, 1.82) is 0 Å². The summed E-state index contributed by atoms with van der Waals surface area (Å²) in [7, 11) is 0. The minimum atomic E-state index is -0.762. The first-order valence-electron chi connectivity index (χ1n) is 9.21. The molecule has 1 aromatic rings. The third-order valence-corrected chi connectivity index (χ3v) is 5.00. The quantitative estimate of drug-likeness (QED) is 0.587. The zero-order valence-corrected chi connectivity index (χ0v) is 15.6. The first-order valence-corrected chi connectivity index (χ1v) is 9.21. The summed E-state index contributed by atoms with van der Waals surface area (Å²) in [6.45, 7) is 4.64. The normalized spacial score (nSPS) is 22.4. The van der Waals surface area contributed by atoms with Crippen LogP contribution in [0, 0.1) is 11.8 Å². The van der Waals surface area contributed by atoms with Crippen molar-refractivity contribution in [2.75, 3.05) is 26.2 Å². The first kappa shape index (κ1) is 19.1. The third kappa shape index (κ3) is 4.35. The second-order valence-electron chi connectivity index (χ2n) is 7.52. The van der Waals surface area contributed by atoms with Crippen LogP contribution in [0.2, 0.25) is 0 Å². The molecule has 0 N–H and O–H groups in total. The van der Waals surface area contributed by atoms with Crippen LogP contribution in [0.3, 0.4) is 0 Å². The zero-order valence-electron chi connectivity index (χ0n) is 15.6. The second kappa shape index (κ2) is 7.90. The van der Waals surface area contributed by atoms with Crippen LogP contribution in [0.5, 0.6) is 0 Å². The van der Waals surface area contributed by atoms with Gasteiger partial charge in [-0.15, -0.1) is 0 Å². The molecule has 1 aromatic carbocycles. The molecular formula is C20H24N2O5. The topological polar surface area (TPSA) is 84.0 Å². The average molecular weight is 372 g/mol. The Labute approximate surface area is 158 Å². The number of ether oxygens (including phenoxy) is 1. The van der Waals surface area contributed by atoms with Crippen LogP contribution >= 0.6 is 0 Å². The number of rotatable bonds is 4. The predicted molar refractivity (Wildman–Crippen MR) is 96.7 cm³/mol. The first-order chi connectivity index (χ1) is 12.8. The zero-order chi connectivity index (χ0) is 19.6. The molecule has 0 unspecified atom stereocenters. The van der Waals surface area contributed by atoms with Crippen LogP contribution < -0.4 is 0 Å². The largest absolute Gasteiger partial charge is 0.454 e. The number of likely N-dealkylation sites (tertiary alicyclic amines) is 1. The maximum Gasteiger partial charge on any atom is 0.326 e. The molecule has 3 amide bonds. The lowest BCUT2D eigenvalue weighted by molar-refractivity contribution is -0.154. The Hall–Kier alpha value is -2.70. The van der Waals surface area contributed by atoms with Gasteiger partial charge in [-0.25, -0.2) is 0 Å². The summed E-state index contributed by atoms with van der Waals surface area (Å²) in [5.41, 5.74) is 1.07. The van der Waals surface area contributed by atoms with Crippen molar-refractivity contribution >= 4 is 23.7 Å². The van der Waals surface area contributed by atoms with E-state index in [0.29, 0.717) is 36.1 Å². The van der Waals surface area contributed by atoms with E-state index in [1.807, 2.05) is 0 Å². The fraction of sp³-hybridized carbons (Fsp3) is 0.500. The number of imide groups is 1. The fourth-order valence-electron chi connectivity index (χ4n) is 3.83. The monoisotopic (exact) mass is 372 g/mol. The molecule has 0 aromatic heterocycles. The Kier molecular flexibility index (Phi) is 5.58. The Balaban J connectivity index is 1.54. The number of carbonyl (C=O) groups is 4. The number of fused-ring (bicyclic) bond motifs is 1. The highest BCUT2D eigenvalue weighted by Gasteiger charge is 2.33. The van der Waals surface area contributed by atoms with Crippen molar-refractivity contribution in [1.82, 2.24) is 9.80 Å². The number of piperidine rings is 1. The number of carbonyl (C=O) groups excluding carboxylic acids is 4. The summed E-state index contributed by atoms with van der Waals surface area (Å²) in [5.74, 6) is -1.13. The highest BCUT2D eigenvalue weighted by atomic mass is 16.5. The summed E-state index contributed by atoms with van der Waals surface area (Å²) < 4.78 is 5.04. The van der Waals surface area contributed by atoms with Crippen molar-refractivity contribution < 1.29 is 23.9 Å². The molecule has 1 fully saturated rings. The van der Waals surface area contributed by atoms with Gasteiger partial charge < -0.3 is 9.64 Å². The van der Waals surface area contributed by atoms with Crippen molar-refractivity contribution in [3.63, 3.8) is 0 Å². The van der Waals surface area contributed by atoms with Crippen molar-refractivity contribution in [2.45, 2.75) is 26.7 Å². The summed E-state index contributed by atoms with van der Waals surface area (Å²) in [4.78, 5) is 51.6. The maximum atomic E-state index is 12.4. The van der Waals surface area contributed by atoms with Gasteiger partial charge in [0.2, 0.25) is 5.91 Å². The molecule has 0 aliphatic carbocycles. The van der Waals surface area contributed by atoms with Crippen LogP contribution in [0.4, 0.5) is 0 Å². The molecule has 0 spiro atoms. The highest BCUT2D eigenvalue weighted by molar-refractivity contribution is 6.11. The Morgan fingerprint density at radius 1 is 1.11 bits per heavy atom. The fourth-order valence-corrected chi connectivity index (χ4v) is 3.83. The van der Waals surface area contributed by atoms with E-state index in [1.54, 1.807) is 29.2 Å². The van der Waals surface area contributed by atoms with Crippen LogP contribution in [0.1, 0.15) is 36.2 Å². The van der Waals surface area contributed by atoms with Crippen molar-refractivity contribution in [2.24, 2.45) is 11.8 Å². The van der Waals surface area contributed by atoms with Gasteiger partial charge >= 0.3 is 5.97 Å². The van der Waals surface area contributed by atoms with Crippen LogP contribution in [0.15, 0.2) is 24.3 Å². The lowest BCUT2D eigenvalue weighted by Gasteiger charge is -2.34. The van der Waals surface area contributed by atoms with Crippen molar-refractivity contribution in [3.05, 3.63) is 35.4 Å². The van der Waals surface area contributed by atoms with E-state index in [2.05, 4.69) is 13.8 Å². The number of amides is 3. The molecule has 144 valence electrons. The van der Waals surface area contributed by atoms with Gasteiger partial charge in [-0.3, -0.25) is 24.1 Å². The molecule has 2 heterocycles. The lowest BCUT2D eigenvalue weighted by atomic mass is 9.92. The predicted octanol–water partition coefficient (Wildman–Crippen LogP) is 1.26. The molecule has 1 saturated heterocycles.